The van der Waals surface area contributed by atoms with Crippen molar-refractivity contribution in [1.29, 1.82) is 0 Å². The zero-order chi connectivity index (χ0) is 26.2. The molecule has 4 aromatic rings. The number of aromatic nitrogens is 4. The quantitative estimate of drug-likeness (QED) is 0.241. The second kappa shape index (κ2) is 12.3. The van der Waals surface area contributed by atoms with Crippen molar-refractivity contribution in [2.45, 2.75) is 42.8 Å². The fraction of sp³-hybridized carbons (Fsp3) is 0.308. The molecule has 37 heavy (non-hydrogen) atoms. The zero-order valence-electron chi connectivity index (χ0n) is 21.2. The van der Waals surface area contributed by atoms with Crippen molar-refractivity contribution < 1.29 is 14.3 Å². The van der Waals surface area contributed by atoms with E-state index in [1.54, 1.807) is 14.2 Å². The first-order valence-corrected chi connectivity index (χ1v) is 12.8. The number of carbonyl (C=O) groups excluding carboxylic acids is 1. The van der Waals surface area contributed by atoms with Crippen LogP contribution in [0.15, 0.2) is 58.8 Å². The maximum Gasteiger partial charge on any atom is 0.319 e. The number of rotatable bonds is 11. The van der Waals surface area contributed by atoms with E-state index in [-0.39, 0.29) is 6.03 Å². The Hall–Kier alpha value is -3.99. The molecule has 2 amide bonds. The number of unbranched alkanes of at least 4 members (excludes halogenated alkanes) is 1. The Labute approximate surface area is 220 Å². The largest absolute Gasteiger partial charge is 0.497 e. The van der Waals surface area contributed by atoms with E-state index in [1.807, 2.05) is 47.0 Å². The van der Waals surface area contributed by atoms with Gasteiger partial charge >= 0.3 is 6.03 Å². The lowest BCUT2D eigenvalue weighted by atomic mass is 10.1. The highest BCUT2D eigenvalue weighted by Crippen LogP contribution is 2.38. The molecule has 0 saturated heterocycles. The van der Waals surface area contributed by atoms with E-state index in [0.29, 0.717) is 35.8 Å². The highest BCUT2D eigenvalue weighted by molar-refractivity contribution is 7.99. The lowest BCUT2D eigenvalue weighted by molar-refractivity contribution is 0.252. The van der Waals surface area contributed by atoms with Gasteiger partial charge in [-0.3, -0.25) is 0 Å². The molecule has 4 N–H and O–H groups in total. The number of benzene rings is 2. The predicted molar refractivity (Wildman–Crippen MR) is 145 cm³/mol. The number of nitrogens with two attached hydrogens (primary N) is 1. The minimum Gasteiger partial charge on any atom is -0.497 e. The van der Waals surface area contributed by atoms with E-state index < -0.39 is 0 Å². The smallest absolute Gasteiger partial charge is 0.319 e. The Balaban J connectivity index is 1.53. The molecule has 0 aliphatic rings. The van der Waals surface area contributed by atoms with Crippen molar-refractivity contribution in [2.24, 2.45) is 0 Å². The van der Waals surface area contributed by atoms with Crippen molar-refractivity contribution in [2.75, 3.05) is 31.8 Å². The number of ether oxygens (including phenoxy) is 2. The van der Waals surface area contributed by atoms with Crippen LogP contribution in [0.5, 0.6) is 11.5 Å². The molecule has 194 valence electrons. The molecular formula is C26H31N7O3S. The van der Waals surface area contributed by atoms with Gasteiger partial charge in [-0.15, -0.1) is 0 Å². The van der Waals surface area contributed by atoms with Crippen LogP contribution in [0, 0.1) is 0 Å². The Bertz CT molecular complexity index is 1360. The van der Waals surface area contributed by atoms with Crippen LogP contribution in [-0.2, 0) is 13.0 Å². The molecule has 0 aliphatic carbocycles. The normalized spacial score (nSPS) is 10.9. The summed E-state index contributed by atoms with van der Waals surface area (Å²) >= 11 is 1.45. The summed E-state index contributed by atoms with van der Waals surface area (Å²) in [7, 11) is 3.26. The molecule has 2 heterocycles. The van der Waals surface area contributed by atoms with Crippen LogP contribution in [0.1, 0.15) is 25.3 Å². The number of hydrogen-bond acceptors (Lipinski definition) is 8. The highest BCUT2D eigenvalue weighted by atomic mass is 32.2. The summed E-state index contributed by atoms with van der Waals surface area (Å²) in [6.07, 6.45) is 4.16. The first kappa shape index (κ1) is 26.1. The molecule has 0 radical (unpaired) electrons. The van der Waals surface area contributed by atoms with E-state index in [2.05, 4.69) is 27.5 Å². The molecule has 10 nitrogen and oxygen atoms in total. The van der Waals surface area contributed by atoms with Crippen molar-refractivity contribution >= 4 is 40.5 Å². The highest BCUT2D eigenvalue weighted by Gasteiger charge is 2.18. The Morgan fingerprint density at radius 1 is 1.11 bits per heavy atom. The predicted octanol–water partition coefficient (Wildman–Crippen LogP) is 4.74. The van der Waals surface area contributed by atoms with Gasteiger partial charge in [0.05, 0.1) is 19.1 Å². The molecule has 4 rings (SSSR count). The number of carbonyl (C=O) groups is 1. The second-order valence-electron chi connectivity index (χ2n) is 8.28. The number of nitrogens with zero attached hydrogens (tertiary/aromatic N) is 4. The van der Waals surface area contributed by atoms with Crippen LogP contribution in [0.25, 0.3) is 11.2 Å². The number of fused-ring (bicyclic) bond motifs is 1. The maximum absolute atomic E-state index is 12.0. The van der Waals surface area contributed by atoms with Crippen LogP contribution in [0.2, 0.25) is 0 Å². The second-order valence-corrected chi connectivity index (χ2v) is 9.29. The van der Waals surface area contributed by atoms with Gasteiger partial charge in [0.2, 0.25) is 0 Å². The minimum atomic E-state index is -0.196. The fourth-order valence-electron chi connectivity index (χ4n) is 3.73. The number of imidazole rings is 1. The summed E-state index contributed by atoms with van der Waals surface area (Å²) in [4.78, 5) is 26.2. The first-order valence-electron chi connectivity index (χ1n) is 12.0. The number of aryl methyl sites for hydroxylation is 2. The summed E-state index contributed by atoms with van der Waals surface area (Å²) < 4.78 is 13.0. The van der Waals surface area contributed by atoms with Crippen molar-refractivity contribution in [3.63, 3.8) is 0 Å². The van der Waals surface area contributed by atoms with Gasteiger partial charge in [0.25, 0.3) is 0 Å². The van der Waals surface area contributed by atoms with Crippen molar-refractivity contribution in [3.05, 3.63) is 54.4 Å². The summed E-state index contributed by atoms with van der Waals surface area (Å²) in [5, 5.41) is 6.43. The Morgan fingerprint density at radius 3 is 2.65 bits per heavy atom. The third-order valence-corrected chi connectivity index (χ3v) is 6.78. The average molecular weight is 522 g/mol. The summed E-state index contributed by atoms with van der Waals surface area (Å²) in [6.45, 7) is 3.37. The van der Waals surface area contributed by atoms with E-state index in [1.165, 1.54) is 18.1 Å². The molecule has 2 aromatic heterocycles. The summed E-state index contributed by atoms with van der Waals surface area (Å²) in [6, 6.07) is 13.2. The number of urea groups is 1. The van der Waals surface area contributed by atoms with Crippen molar-refractivity contribution in [3.8, 4) is 11.5 Å². The van der Waals surface area contributed by atoms with Crippen LogP contribution < -0.4 is 25.8 Å². The standard InChI is InChI=1S/C26H31N7O3S/c1-4-5-13-28-25(34)31-18-8-6-17(7-9-18)12-14-33-24-22(23(27)29-16-30-24)32-26(33)37-21-15-19(35-2)10-11-20(21)36-3/h6-11,15-16H,4-5,12-14H2,1-3H3,(H2,27,29,30)(H2,28,31,34). The first-order chi connectivity index (χ1) is 18.0. The SMILES string of the molecule is CCCCNC(=O)Nc1ccc(CCn2c(Sc3cc(OC)ccc3OC)nc3c(N)ncnc32)cc1. The third-order valence-electron chi connectivity index (χ3n) is 5.75. The van der Waals surface area contributed by atoms with Crippen LogP contribution in [0.3, 0.4) is 0 Å². The molecule has 0 unspecified atom stereocenters. The monoisotopic (exact) mass is 521 g/mol. The maximum atomic E-state index is 12.0. The molecule has 0 spiro atoms. The molecule has 0 bridgehead atoms. The minimum absolute atomic E-state index is 0.196. The number of hydrogen-bond donors (Lipinski definition) is 3. The summed E-state index contributed by atoms with van der Waals surface area (Å²) in [5.41, 5.74) is 9.19. The number of anilines is 2. The molecule has 0 atom stereocenters. The summed E-state index contributed by atoms with van der Waals surface area (Å²) in [5.74, 6) is 1.76. The fourth-order valence-corrected chi connectivity index (χ4v) is 4.77. The van der Waals surface area contributed by atoms with Crippen LogP contribution >= 0.6 is 11.8 Å². The topological polar surface area (TPSA) is 129 Å². The number of methoxy groups -OCH3 is 2. The van der Waals surface area contributed by atoms with E-state index in [0.717, 1.165) is 46.3 Å². The Kier molecular flexibility index (Phi) is 8.68. The number of nitrogen functional groups attached to an aromatic ring is 1. The molecule has 0 fully saturated rings. The van der Waals surface area contributed by atoms with Gasteiger partial charge in [-0.2, -0.15) is 0 Å². The Morgan fingerprint density at radius 2 is 1.92 bits per heavy atom. The van der Waals surface area contributed by atoms with Gasteiger partial charge in [0, 0.05) is 18.8 Å². The zero-order valence-corrected chi connectivity index (χ0v) is 22.0. The van der Waals surface area contributed by atoms with E-state index in [9.17, 15) is 4.79 Å². The van der Waals surface area contributed by atoms with Gasteiger partial charge in [0.15, 0.2) is 22.1 Å². The molecule has 0 saturated carbocycles. The van der Waals surface area contributed by atoms with Crippen molar-refractivity contribution in [1.82, 2.24) is 24.8 Å². The van der Waals surface area contributed by atoms with Gasteiger partial charge in [-0.1, -0.05) is 25.5 Å². The van der Waals surface area contributed by atoms with Gasteiger partial charge in [-0.05, 0) is 60.5 Å². The lowest BCUT2D eigenvalue weighted by Gasteiger charge is -2.12. The molecule has 2 aromatic carbocycles. The third kappa shape index (κ3) is 6.42. The molecule has 0 aliphatic heterocycles. The molecule has 11 heteroatoms. The molecular weight excluding hydrogens is 490 g/mol. The number of nitrogens with one attached hydrogen (secondary N) is 2. The average Bonchev–Trinajstić information content (AvgIpc) is 3.26. The number of amides is 2. The lowest BCUT2D eigenvalue weighted by Crippen LogP contribution is -2.29. The van der Waals surface area contributed by atoms with E-state index in [4.69, 9.17) is 20.2 Å². The van der Waals surface area contributed by atoms with E-state index >= 15 is 0 Å². The van der Waals surface area contributed by atoms with Gasteiger partial charge in [-0.25, -0.2) is 19.7 Å². The van der Waals surface area contributed by atoms with Gasteiger partial charge in [0.1, 0.15) is 17.8 Å². The van der Waals surface area contributed by atoms with Crippen LogP contribution in [-0.4, -0.2) is 46.3 Å². The van der Waals surface area contributed by atoms with Gasteiger partial charge < -0.3 is 30.4 Å². The van der Waals surface area contributed by atoms with Crippen LogP contribution in [0.4, 0.5) is 16.3 Å².